The first-order valence-electron chi connectivity index (χ1n) is 12.6. The van der Waals surface area contributed by atoms with Crippen molar-refractivity contribution in [1.29, 1.82) is 0 Å². The van der Waals surface area contributed by atoms with Crippen LogP contribution in [0.5, 0.6) is 11.5 Å². The number of halogens is 1. The zero-order valence-electron chi connectivity index (χ0n) is 21.4. The van der Waals surface area contributed by atoms with E-state index in [-0.39, 0.29) is 11.3 Å². The van der Waals surface area contributed by atoms with Crippen molar-refractivity contribution >= 4 is 55.7 Å². The van der Waals surface area contributed by atoms with Gasteiger partial charge in [0, 0.05) is 23.0 Å². The Kier molecular flexibility index (Phi) is 7.81. The highest BCUT2D eigenvalue weighted by atomic mass is 35.5. The van der Waals surface area contributed by atoms with Gasteiger partial charge >= 0.3 is 5.91 Å². The van der Waals surface area contributed by atoms with Crippen LogP contribution in [0, 0.1) is 0 Å². The van der Waals surface area contributed by atoms with Gasteiger partial charge in [-0.2, -0.15) is 0 Å². The molecule has 200 valence electrons. The molecule has 0 spiro atoms. The molecule has 3 heterocycles. The fourth-order valence-electron chi connectivity index (χ4n) is 4.41. The zero-order valence-corrected chi connectivity index (χ0v) is 23.0. The molecule has 5 rings (SSSR count). The van der Waals surface area contributed by atoms with Crippen molar-refractivity contribution in [2.75, 3.05) is 18.1 Å². The number of hydrogen-bond acceptors (Lipinski definition) is 8. The third-order valence-electron chi connectivity index (χ3n) is 6.28. The topological polar surface area (TPSA) is 102 Å². The van der Waals surface area contributed by atoms with Crippen LogP contribution in [0.4, 0.5) is 5.13 Å². The second kappa shape index (κ2) is 11.4. The van der Waals surface area contributed by atoms with Crippen LogP contribution < -0.4 is 14.4 Å². The summed E-state index contributed by atoms with van der Waals surface area (Å²) >= 11 is 7.42. The fraction of sp³-hybridized carbons (Fsp3) is 0.241. The molecule has 0 radical (unpaired) electrons. The predicted octanol–water partition coefficient (Wildman–Crippen LogP) is 6.55. The molecule has 1 unspecified atom stereocenters. The van der Waals surface area contributed by atoms with Gasteiger partial charge in [0.25, 0.3) is 5.78 Å². The molecule has 1 aliphatic rings. The SMILES string of the molecule is CCCCOc1ccc(C2/C(=C(\O)c3ccncc3)C(=O)C(=O)N2c2nc3ccc(Cl)cc3s2)cc1OCC. The van der Waals surface area contributed by atoms with Gasteiger partial charge < -0.3 is 14.6 Å². The van der Waals surface area contributed by atoms with Crippen LogP contribution >= 0.6 is 22.9 Å². The molecule has 0 saturated carbocycles. The van der Waals surface area contributed by atoms with Gasteiger partial charge in [-0.1, -0.05) is 42.3 Å². The Morgan fingerprint density at radius 3 is 2.59 bits per heavy atom. The van der Waals surface area contributed by atoms with Crippen molar-refractivity contribution in [1.82, 2.24) is 9.97 Å². The minimum absolute atomic E-state index is 0.0504. The molecule has 1 atom stereocenters. The molecule has 0 bridgehead atoms. The summed E-state index contributed by atoms with van der Waals surface area (Å²) in [6, 6.07) is 12.7. The standard InChI is InChI=1S/C29H26ClN3O5S/c1-3-5-14-38-21-9-6-18(15-22(21)37-4-2)25-24(26(34)17-10-12-31-13-11-17)27(35)28(36)33(25)29-32-20-8-7-19(30)16-23(20)39-29/h6-13,15-16,25,34H,3-5,14H2,1-2H3/b26-24+. The Hall–Kier alpha value is -3.95. The third-order valence-corrected chi connectivity index (χ3v) is 7.53. The van der Waals surface area contributed by atoms with E-state index >= 15 is 0 Å². The van der Waals surface area contributed by atoms with Gasteiger partial charge in [-0.15, -0.1) is 0 Å². The summed E-state index contributed by atoms with van der Waals surface area (Å²) in [6.07, 6.45) is 4.89. The number of ketones is 1. The summed E-state index contributed by atoms with van der Waals surface area (Å²) in [6.45, 7) is 4.87. The number of rotatable bonds is 9. The lowest BCUT2D eigenvalue weighted by Gasteiger charge is -2.24. The minimum atomic E-state index is -0.960. The number of amides is 1. The first kappa shape index (κ1) is 26.6. The van der Waals surface area contributed by atoms with Gasteiger partial charge in [0.2, 0.25) is 0 Å². The van der Waals surface area contributed by atoms with E-state index in [4.69, 9.17) is 21.1 Å². The number of thiazole rings is 1. The molecule has 1 aliphatic heterocycles. The van der Waals surface area contributed by atoms with Crippen molar-refractivity contribution in [2.24, 2.45) is 0 Å². The number of anilines is 1. The fourth-order valence-corrected chi connectivity index (χ4v) is 5.68. The predicted molar refractivity (Wildman–Crippen MR) is 152 cm³/mol. The summed E-state index contributed by atoms with van der Waals surface area (Å²) in [7, 11) is 0. The number of nitrogens with zero attached hydrogens (tertiary/aromatic N) is 3. The molecule has 2 aromatic carbocycles. The minimum Gasteiger partial charge on any atom is -0.507 e. The molecule has 8 nitrogen and oxygen atoms in total. The summed E-state index contributed by atoms with van der Waals surface area (Å²) in [5, 5.41) is 12.2. The maximum absolute atomic E-state index is 13.5. The molecule has 1 amide bonds. The number of Topliss-reactive ketones (excluding diaryl/α,β-unsaturated/α-hetero) is 1. The number of pyridine rings is 1. The zero-order chi connectivity index (χ0) is 27.5. The molecule has 0 aliphatic carbocycles. The Morgan fingerprint density at radius 2 is 1.85 bits per heavy atom. The highest BCUT2D eigenvalue weighted by Crippen LogP contribution is 2.46. The highest BCUT2D eigenvalue weighted by Gasteiger charge is 2.48. The Bertz CT molecular complexity index is 1570. The van der Waals surface area contributed by atoms with Crippen molar-refractivity contribution in [3.63, 3.8) is 0 Å². The lowest BCUT2D eigenvalue weighted by atomic mass is 9.95. The summed E-state index contributed by atoms with van der Waals surface area (Å²) in [4.78, 5) is 37.0. The van der Waals surface area contributed by atoms with Crippen LogP contribution in [0.2, 0.25) is 5.02 Å². The number of hydrogen-bond donors (Lipinski definition) is 1. The molecular formula is C29H26ClN3O5S. The van der Waals surface area contributed by atoms with Crippen molar-refractivity contribution < 1.29 is 24.2 Å². The lowest BCUT2D eigenvalue weighted by molar-refractivity contribution is -0.132. The number of carbonyl (C=O) groups excluding carboxylic acids is 2. The molecule has 1 N–H and O–H groups in total. The first-order valence-corrected chi connectivity index (χ1v) is 13.8. The van der Waals surface area contributed by atoms with Gasteiger partial charge in [-0.05, 0) is 61.4 Å². The van der Waals surface area contributed by atoms with E-state index in [2.05, 4.69) is 16.9 Å². The van der Waals surface area contributed by atoms with Gasteiger partial charge in [-0.3, -0.25) is 19.5 Å². The average molecular weight is 564 g/mol. The van der Waals surface area contributed by atoms with E-state index in [0.717, 1.165) is 17.5 Å². The van der Waals surface area contributed by atoms with Crippen molar-refractivity contribution in [2.45, 2.75) is 32.7 Å². The third kappa shape index (κ3) is 5.20. The molecular weight excluding hydrogens is 538 g/mol. The van der Waals surface area contributed by atoms with E-state index < -0.39 is 17.7 Å². The smallest absolute Gasteiger partial charge is 0.301 e. The van der Waals surface area contributed by atoms with Crippen molar-refractivity contribution in [3.05, 3.63) is 82.6 Å². The summed E-state index contributed by atoms with van der Waals surface area (Å²) in [5.41, 5.74) is 1.52. The highest BCUT2D eigenvalue weighted by molar-refractivity contribution is 7.22. The Morgan fingerprint density at radius 1 is 1.05 bits per heavy atom. The van der Waals surface area contributed by atoms with Gasteiger partial charge in [0.1, 0.15) is 5.76 Å². The summed E-state index contributed by atoms with van der Waals surface area (Å²) < 4.78 is 12.6. The number of ether oxygens (including phenoxy) is 2. The summed E-state index contributed by atoms with van der Waals surface area (Å²) in [5.74, 6) is -0.852. The number of benzene rings is 2. The quantitative estimate of drug-likeness (QED) is 0.107. The maximum Gasteiger partial charge on any atom is 0.301 e. The largest absolute Gasteiger partial charge is 0.507 e. The average Bonchev–Trinajstić information content (AvgIpc) is 3.47. The normalized spacial score (nSPS) is 16.7. The molecule has 39 heavy (non-hydrogen) atoms. The van der Waals surface area contributed by atoms with Crippen LogP contribution in [0.1, 0.15) is 43.9 Å². The van der Waals surface area contributed by atoms with Gasteiger partial charge in [-0.25, -0.2) is 4.98 Å². The van der Waals surface area contributed by atoms with Crippen molar-refractivity contribution in [3.8, 4) is 11.5 Å². The second-order valence-corrected chi connectivity index (χ2v) is 10.3. The van der Waals surface area contributed by atoms with E-state index in [1.54, 1.807) is 48.5 Å². The van der Waals surface area contributed by atoms with E-state index in [1.165, 1.54) is 28.6 Å². The van der Waals surface area contributed by atoms with Gasteiger partial charge in [0.15, 0.2) is 16.6 Å². The van der Waals surface area contributed by atoms with Crippen LogP contribution in [-0.2, 0) is 9.59 Å². The van der Waals surface area contributed by atoms with Gasteiger partial charge in [0.05, 0.1) is 35.0 Å². The van der Waals surface area contributed by atoms with E-state index in [9.17, 15) is 14.7 Å². The van der Waals surface area contributed by atoms with E-state index in [0.29, 0.717) is 51.5 Å². The molecule has 10 heteroatoms. The molecule has 2 aromatic heterocycles. The van der Waals surface area contributed by atoms with Crippen LogP contribution in [0.15, 0.2) is 66.5 Å². The van der Waals surface area contributed by atoms with Crippen LogP contribution in [0.3, 0.4) is 0 Å². The number of aliphatic hydroxyl groups excluding tert-OH is 1. The molecule has 4 aromatic rings. The Labute approximate surface area is 234 Å². The Balaban J connectivity index is 1.69. The van der Waals surface area contributed by atoms with E-state index in [1.807, 2.05) is 6.92 Å². The maximum atomic E-state index is 13.5. The lowest BCUT2D eigenvalue weighted by Crippen LogP contribution is -2.29. The number of unbranched alkanes of at least 4 members (excludes halogenated alkanes) is 1. The van der Waals surface area contributed by atoms with Crippen LogP contribution in [-0.4, -0.2) is 40.0 Å². The molecule has 1 fully saturated rings. The first-order chi connectivity index (χ1) is 18.9. The number of aliphatic hydroxyl groups is 1. The molecule has 1 saturated heterocycles. The number of fused-ring (bicyclic) bond motifs is 1. The second-order valence-electron chi connectivity index (χ2n) is 8.85. The monoisotopic (exact) mass is 563 g/mol. The number of aromatic nitrogens is 2. The number of carbonyl (C=O) groups is 2. The van der Waals surface area contributed by atoms with Crippen LogP contribution in [0.25, 0.3) is 16.0 Å².